The number of nitrogens with one attached hydrogen (secondary N) is 2. The van der Waals surface area contributed by atoms with Crippen LogP contribution in [0.3, 0.4) is 0 Å². The maximum absolute atomic E-state index is 12.5. The van der Waals surface area contributed by atoms with Crippen LogP contribution >= 0.6 is 15.9 Å². The average molecular weight is 475 g/mol. The van der Waals surface area contributed by atoms with Gasteiger partial charge >= 0.3 is 0 Å². The highest BCUT2D eigenvalue weighted by Crippen LogP contribution is 2.22. The van der Waals surface area contributed by atoms with Crippen molar-refractivity contribution in [2.75, 3.05) is 17.1 Å². The van der Waals surface area contributed by atoms with Gasteiger partial charge in [-0.2, -0.15) is 0 Å². The Morgan fingerprint density at radius 3 is 2.07 bits per heavy atom. The number of ether oxygens (including phenoxy) is 1. The Morgan fingerprint density at radius 2 is 1.48 bits per heavy atom. The minimum atomic E-state index is -3.74. The van der Waals surface area contributed by atoms with E-state index in [1.165, 1.54) is 31.4 Å². The fourth-order valence-corrected chi connectivity index (χ4v) is 4.00. The number of benzene rings is 3. The van der Waals surface area contributed by atoms with Crippen molar-refractivity contribution in [3.63, 3.8) is 0 Å². The normalized spacial score (nSPS) is 12.2. The molecule has 0 aromatic heterocycles. The van der Waals surface area contributed by atoms with Crippen molar-refractivity contribution in [1.29, 1.82) is 0 Å². The molecule has 0 spiro atoms. The number of halogens is 1. The first kappa shape index (κ1) is 21.0. The molecule has 150 valence electrons. The van der Waals surface area contributed by atoms with E-state index in [-0.39, 0.29) is 10.8 Å². The van der Waals surface area contributed by atoms with E-state index in [4.69, 9.17) is 4.74 Å². The highest BCUT2D eigenvalue weighted by molar-refractivity contribution is 9.10. The molecular formula is C21H19BrN2O4S. The summed E-state index contributed by atoms with van der Waals surface area (Å²) in [6, 6.07) is 21.9. The summed E-state index contributed by atoms with van der Waals surface area (Å²) >= 11 is 3.31. The van der Waals surface area contributed by atoms with Crippen LogP contribution in [0.4, 0.5) is 11.4 Å². The topological polar surface area (TPSA) is 84.5 Å². The molecule has 0 radical (unpaired) electrons. The van der Waals surface area contributed by atoms with Crippen LogP contribution in [0.5, 0.6) is 0 Å². The van der Waals surface area contributed by atoms with E-state index in [2.05, 4.69) is 26.0 Å². The van der Waals surface area contributed by atoms with Crippen molar-refractivity contribution in [3.8, 4) is 0 Å². The molecule has 0 saturated carbocycles. The van der Waals surface area contributed by atoms with Gasteiger partial charge in [0.1, 0.15) is 0 Å². The van der Waals surface area contributed by atoms with Crippen LogP contribution < -0.4 is 10.0 Å². The van der Waals surface area contributed by atoms with Gasteiger partial charge in [-0.3, -0.25) is 9.52 Å². The number of hydrogen-bond acceptors (Lipinski definition) is 4. The molecule has 1 amide bonds. The lowest BCUT2D eigenvalue weighted by Gasteiger charge is -2.16. The Kier molecular flexibility index (Phi) is 6.68. The van der Waals surface area contributed by atoms with Gasteiger partial charge in [-0.1, -0.05) is 46.3 Å². The first-order valence-electron chi connectivity index (χ1n) is 8.66. The summed E-state index contributed by atoms with van der Waals surface area (Å²) in [6.45, 7) is 0. The van der Waals surface area contributed by atoms with Crippen LogP contribution in [0.25, 0.3) is 0 Å². The first-order valence-corrected chi connectivity index (χ1v) is 10.9. The van der Waals surface area contributed by atoms with Gasteiger partial charge in [0.15, 0.2) is 6.10 Å². The molecule has 0 bridgehead atoms. The Labute approximate surface area is 178 Å². The third-order valence-electron chi connectivity index (χ3n) is 4.10. The zero-order valence-corrected chi connectivity index (χ0v) is 17.9. The fourth-order valence-electron chi connectivity index (χ4n) is 2.68. The van der Waals surface area contributed by atoms with Crippen LogP contribution in [0.1, 0.15) is 11.7 Å². The number of anilines is 2. The molecule has 2 N–H and O–H groups in total. The molecule has 0 aliphatic heterocycles. The second-order valence-corrected chi connectivity index (χ2v) is 8.75. The number of hydrogen-bond donors (Lipinski definition) is 2. The van der Waals surface area contributed by atoms with Crippen molar-refractivity contribution >= 4 is 43.2 Å². The second kappa shape index (κ2) is 9.21. The maximum atomic E-state index is 12.5. The van der Waals surface area contributed by atoms with E-state index in [1.807, 2.05) is 18.2 Å². The Balaban J connectivity index is 1.70. The summed E-state index contributed by atoms with van der Waals surface area (Å²) in [7, 11) is -2.28. The second-order valence-electron chi connectivity index (χ2n) is 6.15. The summed E-state index contributed by atoms with van der Waals surface area (Å²) in [4.78, 5) is 12.6. The van der Waals surface area contributed by atoms with Crippen LogP contribution in [0, 0.1) is 0 Å². The van der Waals surface area contributed by atoms with Crippen LogP contribution in [-0.4, -0.2) is 21.4 Å². The van der Waals surface area contributed by atoms with Crippen molar-refractivity contribution < 1.29 is 17.9 Å². The Morgan fingerprint density at radius 1 is 0.897 bits per heavy atom. The van der Waals surface area contributed by atoms with Gasteiger partial charge in [-0.15, -0.1) is 0 Å². The van der Waals surface area contributed by atoms with E-state index in [9.17, 15) is 13.2 Å². The van der Waals surface area contributed by atoms with Gasteiger partial charge in [0.05, 0.1) is 4.90 Å². The smallest absolute Gasteiger partial charge is 0.261 e. The molecule has 3 aromatic rings. The minimum Gasteiger partial charge on any atom is -0.367 e. The summed E-state index contributed by atoms with van der Waals surface area (Å²) in [5.74, 6) is -0.345. The number of methoxy groups -OCH3 is 1. The van der Waals surface area contributed by atoms with E-state index >= 15 is 0 Å². The lowest BCUT2D eigenvalue weighted by Crippen LogP contribution is -2.22. The van der Waals surface area contributed by atoms with Gasteiger partial charge in [-0.25, -0.2) is 8.42 Å². The van der Waals surface area contributed by atoms with Crippen molar-refractivity contribution in [2.45, 2.75) is 11.0 Å². The lowest BCUT2D eigenvalue weighted by molar-refractivity contribution is -0.126. The number of sulfonamides is 1. The molecule has 1 atom stereocenters. The Bertz CT molecular complexity index is 1070. The van der Waals surface area contributed by atoms with Gasteiger partial charge in [0, 0.05) is 23.0 Å². The molecule has 0 aliphatic rings. The summed E-state index contributed by atoms with van der Waals surface area (Å²) in [5.41, 5.74) is 1.65. The SMILES string of the molecule is COC(C(=O)Nc1ccc(S(=O)(=O)Nc2ccc(Br)cc2)cc1)c1ccccc1. The van der Waals surface area contributed by atoms with Crippen LogP contribution in [-0.2, 0) is 19.6 Å². The van der Waals surface area contributed by atoms with Crippen LogP contribution in [0.2, 0.25) is 0 Å². The molecule has 0 aliphatic carbocycles. The highest BCUT2D eigenvalue weighted by Gasteiger charge is 2.20. The summed E-state index contributed by atoms with van der Waals surface area (Å²) < 4.78 is 33.7. The van der Waals surface area contributed by atoms with Crippen molar-refractivity contribution in [3.05, 3.63) is 88.9 Å². The summed E-state index contributed by atoms with van der Waals surface area (Å²) in [6.07, 6.45) is -0.765. The molecule has 6 nitrogen and oxygen atoms in total. The van der Waals surface area contributed by atoms with Crippen molar-refractivity contribution in [1.82, 2.24) is 0 Å². The lowest BCUT2D eigenvalue weighted by atomic mass is 10.1. The largest absolute Gasteiger partial charge is 0.367 e. The molecule has 0 heterocycles. The third-order valence-corrected chi connectivity index (χ3v) is 6.03. The average Bonchev–Trinajstić information content (AvgIpc) is 2.71. The number of amides is 1. The predicted molar refractivity (Wildman–Crippen MR) is 116 cm³/mol. The van der Waals surface area contributed by atoms with Gasteiger partial charge in [0.25, 0.3) is 15.9 Å². The van der Waals surface area contributed by atoms with E-state index in [0.717, 1.165) is 10.0 Å². The first-order chi connectivity index (χ1) is 13.9. The maximum Gasteiger partial charge on any atom is 0.261 e. The number of rotatable bonds is 7. The molecule has 0 saturated heterocycles. The highest BCUT2D eigenvalue weighted by atomic mass is 79.9. The molecule has 3 rings (SSSR count). The molecule has 3 aromatic carbocycles. The molecule has 0 fully saturated rings. The minimum absolute atomic E-state index is 0.0877. The Hall–Kier alpha value is -2.68. The van der Waals surface area contributed by atoms with E-state index in [1.54, 1.807) is 36.4 Å². The number of carbonyl (C=O) groups is 1. The molecule has 29 heavy (non-hydrogen) atoms. The number of carbonyl (C=O) groups excluding carboxylic acids is 1. The predicted octanol–water partition coefficient (Wildman–Crippen LogP) is 4.58. The quantitative estimate of drug-likeness (QED) is 0.524. The van der Waals surface area contributed by atoms with E-state index in [0.29, 0.717) is 11.4 Å². The third kappa shape index (κ3) is 5.44. The zero-order valence-electron chi connectivity index (χ0n) is 15.5. The van der Waals surface area contributed by atoms with Gasteiger partial charge < -0.3 is 10.1 Å². The van der Waals surface area contributed by atoms with E-state index < -0.39 is 16.1 Å². The molecule has 8 heteroatoms. The van der Waals surface area contributed by atoms with Crippen molar-refractivity contribution in [2.24, 2.45) is 0 Å². The van der Waals surface area contributed by atoms with Gasteiger partial charge in [0.2, 0.25) is 0 Å². The zero-order chi connectivity index (χ0) is 20.9. The fraction of sp³-hybridized carbons (Fsp3) is 0.0952. The van der Waals surface area contributed by atoms with Crippen LogP contribution in [0.15, 0.2) is 88.2 Å². The van der Waals surface area contributed by atoms with Gasteiger partial charge in [-0.05, 0) is 54.1 Å². The monoisotopic (exact) mass is 474 g/mol. The molecular weight excluding hydrogens is 456 g/mol. The standard InChI is InChI=1S/C21H19BrN2O4S/c1-28-20(15-5-3-2-4-6-15)21(25)23-17-11-13-19(14-12-17)29(26,27)24-18-9-7-16(22)8-10-18/h2-14,20,24H,1H3,(H,23,25). The summed E-state index contributed by atoms with van der Waals surface area (Å²) in [5, 5.41) is 2.74. The molecule has 1 unspecified atom stereocenters.